The van der Waals surface area contributed by atoms with Crippen molar-refractivity contribution >= 4 is 5.97 Å². The minimum atomic E-state index is -0.557. The highest BCUT2D eigenvalue weighted by atomic mass is 16.5. The second-order valence-corrected chi connectivity index (χ2v) is 4.16. The average molecular weight is 286 g/mol. The molecule has 7 nitrogen and oxygen atoms in total. The van der Waals surface area contributed by atoms with Crippen molar-refractivity contribution in [3.63, 3.8) is 0 Å². The zero-order valence-electron chi connectivity index (χ0n) is 11.5. The molecule has 0 unspecified atom stereocenters. The van der Waals surface area contributed by atoms with Crippen LogP contribution in [-0.4, -0.2) is 34.5 Å². The van der Waals surface area contributed by atoms with Gasteiger partial charge < -0.3 is 9.47 Å². The van der Waals surface area contributed by atoms with E-state index in [0.717, 1.165) is 0 Å². The summed E-state index contributed by atoms with van der Waals surface area (Å²) in [6.45, 7) is 1.05. The summed E-state index contributed by atoms with van der Waals surface area (Å²) in [6.07, 6.45) is 2.17. The second-order valence-electron chi connectivity index (χ2n) is 4.16. The first-order valence-electron chi connectivity index (χ1n) is 6.33. The van der Waals surface area contributed by atoms with Gasteiger partial charge in [0.25, 0.3) is 5.82 Å². The summed E-state index contributed by atoms with van der Waals surface area (Å²) in [5.74, 6) is 0.140. The van der Waals surface area contributed by atoms with Gasteiger partial charge >= 0.3 is 5.97 Å². The Morgan fingerprint density at radius 2 is 2.33 bits per heavy atom. The van der Waals surface area contributed by atoms with E-state index in [1.807, 2.05) is 0 Å². The van der Waals surface area contributed by atoms with Crippen LogP contribution in [0.3, 0.4) is 0 Å². The van der Waals surface area contributed by atoms with Gasteiger partial charge in [-0.25, -0.2) is 9.78 Å². The van der Waals surface area contributed by atoms with E-state index >= 15 is 0 Å². The first kappa shape index (κ1) is 14.5. The number of carbonyl (C=O) groups excluding carboxylic acids is 1. The van der Waals surface area contributed by atoms with E-state index in [-0.39, 0.29) is 5.82 Å². The number of aryl methyl sites for hydroxylation is 1. The smallest absolute Gasteiger partial charge is 0.377 e. The van der Waals surface area contributed by atoms with E-state index in [0.29, 0.717) is 30.9 Å². The molecule has 0 bridgehead atoms. The average Bonchev–Trinajstić information content (AvgIpc) is 3.00. The fourth-order valence-electron chi connectivity index (χ4n) is 1.66. The van der Waals surface area contributed by atoms with Crippen molar-refractivity contribution < 1.29 is 14.3 Å². The lowest BCUT2D eigenvalue weighted by atomic mass is 10.2. The summed E-state index contributed by atoms with van der Waals surface area (Å²) in [5.41, 5.74) is 0.562. The van der Waals surface area contributed by atoms with Crippen LogP contribution in [0.5, 0.6) is 5.75 Å². The molecule has 0 aliphatic heterocycles. The number of aromatic nitrogens is 3. The number of hydrogen-bond acceptors (Lipinski definition) is 6. The molecule has 2 aromatic rings. The highest BCUT2D eigenvalue weighted by molar-refractivity contribution is 5.84. The molecule has 0 aliphatic rings. The zero-order chi connectivity index (χ0) is 15.1. The topological polar surface area (TPSA) is 90.0 Å². The van der Waals surface area contributed by atoms with Crippen LogP contribution < -0.4 is 4.74 Å². The molecule has 0 radical (unpaired) electrons. The predicted octanol–water partition coefficient (Wildman–Crippen LogP) is 1.41. The fourth-order valence-corrected chi connectivity index (χ4v) is 1.66. The van der Waals surface area contributed by atoms with Crippen LogP contribution in [0, 0.1) is 11.3 Å². The van der Waals surface area contributed by atoms with Gasteiger partial charge in [0.1, 0.15) is 12.1 Å². The molecule has 0 aliphatic carbocycles. The van der Waals surface area contributed by atoms with Crippen LogP contribution in [0.15, 0.2) is 30.6 Å². The van der Waals surface area contributed by atoms with E-state index in [1.54, 1.807) is 28.9 Å². The van der Waals surface area contributed by atoms with Crippen molar-refractivity contribution in [3.05, 3.63) is 42.0 Å². The number of carbonyl (C=O) groups is 1. The van der Waals surface area contributed by atoms with Gasteiger partial charge in [-0.3, -0.25) is 4.68 Å². The predicted molar refractivity (Wildman–Crippen MR) is 72.6 cm³/mol. The van der Waals surface area contributed by atoms with Gasteiger partial charge in [0.05, 0.1) is 25.3 Å². The van der Waals surface area contributed by atoms with Gasteiger partial charge in [-0.15, -0.1) is 5.10 Å². The molecule has 0 saturated carbocycles. The normalized spacial score (nSPS) is 9.90. The van der Waals surface area contributed by atoms with Crippen LogP contribution in [0.4, 0.5) is 0 Å². The molecule has 1 heterocycles. The lowest BCUT2D eigenvalue weighted by Crippen LogP contribution is -2.08. The standard InChI is InChI=1S/C14H14N4O3/c1-20-14(19)13-16-10-18(17-13)6-3-7-21-12-5-2-4-11(8-12)9-15/h2,4-5,8,10H,3,6-7H2,1H3. The van der Waals surface area contributed by atoms with Crippen LogP contribution in [0.2, 0.25) is 0 Å². The first-order valence-corrected chi connectivity index (χ1v) is 6.33. The summed E-state index contributed by atoms with van der Waals surface area (Å²) in [4.78, 5) is 15.0. The molecule has 0 amide bonds. The number of ether oxygens (including phenoxy) is 2. The Kier molecular flexibility index (Phi) is 4.88. The SMILES string of the molecule is COC(=O)c1ncn(CCCOc2cccc(C#N)c2)n1. The molecule has 1 aromatic carbocycles. The Morgan fingerprint density at radius 1 is 1.48 bits per heavy atom. The van der Waals surface area contributed by atoms with E-state index in [4.69, 9.17) is 10.00 Å². The minimum Gasteiger partial charge on any atom is -0.493 e. The quantitative estimate of drug-likeness (QED) is 0.589. The molecule has 0 fully saturated rings. The molecule has 0 atom stereocenters. The summed E-state index contributed by atoms with van der Waals surface area (Å²) in [5, 5.41) is 12.8. The number of hydrogen-bond donors (Lipinski definition) is 0. The zero-order valence-corrected chi connectivity index (χ0v) is 11.5. The third-order valence-corrected chi connectivity index (χ3v) is 2.67. The number of rotatable bonds is 6. The van der Waals surface area contributed by atoms with Gasteiger partial charge in [-0.05, 0) is 18.2 Å². The summed E-state index contributed by atoms with van der Waals surface area (Å²) in [7, 11) is 1.28. The van der Waals surface area contributed by atoms with Crippen molar-refractivity contribution in [1.29, 1.82) is 5.26 Å². The van der Waals surface area contributed by atoms with Gasteiger partial charge in [-0.1, -0.05) is 6.07 Å². The van der Waals surface area contributed by atoms with Crippen LogP contribution in [0.1, 0.15) is 22.6 Å². The third-order valence-electron chi connectivity index (χ3n) is 2.67. The Morgan fingerprint density at radius 3 is 3.10 bits per heavy atom. The molecular weight excluding hydrogens is 272 g/mol. The second kappa shape index (κ2) is 7.05. The summed E-state index contributed by atoms with van der Waals surface area (Å²) in [6, 6.07) is 9.03. The van der Waals surface area contributed by atoms with Crippen LogP contribution >= 0.6 is 0 Å². The molecule has 0 N–H and O–H groups in total. The van der Waals surface area contributed by atoms with Crippen molar-refractivity contribution in [2.75, 3.05) is 13.7 Å². The van der Waals surface area contributed by atoms with Gasteiger partial charge in [-0.2, -0.15) is 5.26 Å². The van der Waals surface area contributed by atoms with Gasteiger partial charge in [0.15, 0.2) is 0 Å². The molecule has 0 saturated heterocycles. The highest BCUT2D eigenvalue weighted by Gasteiger charge is 2.10. The Hall–Kier alpha value is -2.88. The van der Waals surface area contributed by atoms with Gasteiger partial charge in [0.2, 0.25) is 0 Å². The van der Waals surface area contributed by atoms with Crippen LogP contribution in [-0.2, 0) is 11.3 Å². The maximum atomic E-state index is 11.2. The molecule has 2 rings (SSSR count). The molecular formula is C14H14N4O3. The maximum absolute atomic E-state index is 11.2. The van der Waals surface area contributed by atoms with E-state index < -0.39 is 5.97 Å². The lowest BCUT2D eigenvalue weighted by molar-refractivity contribution is 0.0586. The third kappa shape index (κ3) is 4.04. The van der Waals surface area contributed by atoms with E-state index in [2.05, 4.69) is 20.9 Å². The largest absolute Gasteiger partial charge is 0.493 e. The number of esters is 1. The Bertz CT molecular complexity index is 660. The highest BCUT2D eigenvalue weighted by Crippen LogP contribution is 2.12. The summed E-state index contributed by atoms with van der Waals surface area (Å²) >= 11 is 0. The van der Waals surface area contributed by atoms with E-state index in [1.165, 1.54) is 13.4 Å². The van der Waals surface area contributed by atoms with Crippen molar-refractivity contribution in [2.45, 2.75) is 13.0 Å². The lowest BCUT2D eigenvalue weighted by Gasteiger charge is -2.06. The number of nitriles is 1. The van der Waals surface area contributed by atoms with Crippen LogP contribution in [0.25, 0.3) is 0 Å². The Labute approximate surface area is 121 Å². The maximum Gasteiger partial charge on any atom is 0.377 e. The van der Waals surface area contributed by atoms with Crippen molar-refractivity contribution in [1.82, 2.24) is 14.8 Å². The molecule has 21 heavy (non-hydrogen) atoms. The van der Waals surface area contributed by atoms with Crippen molar-refractivity contribution in [3.8, 4) is 11.8 Å². The number of methoxy groups -OCH3 is 1. The minimum absolute atomic E-state index is 0.0418. The molecule has 7 heteroatoms. The van der Waals surface area contributed by atoms with Gasteiger partial charge in [0, 0.05) is 13.0 Å². The van der Waals surface area contributed by atoms with Crippen molar-refractivity contribution in [2.24, 2.45) is 0 Å². The number of nitrogens with zero attached hydrogens (tertiary/aromatic N) is 4. The molecule has 0 spiro atoms. The fraction of sp³-hybridized carbons (Fsp3) is 0.286. The monoisotopic (exact) mass is 286 g/mol. The number of benzene rings is 1. The summed E-state index contributed by atoms with van der Waals surface area (Å²) < 4.78 is 11.6. The Balaban J connectivity index is 1.78. The van der Waals surface area contributed by atoms with E-state index in [9.17, 15) is 4.79 Å². The first-order chi connectivity index (χ1) is 10.2. The molecule has 108 valence electrons. The molecule has 1 aromatic heterocycles.